The second kappa shape index (κ2) is 6.10. The van der Waals surface area contributed by atoms with Crippen LogP contribution in [0.5, 0.6) is 0 Å². The van der Waals surface area contributed by atoms with E-state index in [1.807, 2.05) is 31.2 Å². The van der Waals surface area contributed by atoms with E-state index in [1.54, 1.807) is 6.26 Å². The molecule has 110 valence electrons. The number of nitrogens with zero attached hydrogens (tertiary/aromatic N) is 1. The van der Waals surface area contributed by atoms with E-state index >= 15 is 0 Å². The maximum atomic E-state index is 12.0. The van der Waals surface area contributed by atoms with Crippen LogP contribution in [0.2, 0.25) is 0 Å². The van der Waals surface area contributed by atoms with Crippen LogP contribution in [0.25, 0.3) is 11.3 Å². The number of carbonyl (C=O) groups excluding carboxylic acids is 1. The third-order valence-corrected chi connectivity index (χ3v) is 3.72. The molecule has 3 rings (SSSR count). The van der Waals surface area contributed by atoms with Gasteiger partial charge in [0.15, 0.2) is 5.89 Å². The van der Waals surface area contributed by atoms with Gasteiger partial charge in [-0.25, -0.2) is 4.98 Å². The first-order chi connectivity index (χ1) is 10.2. The fraction of sp³-hybridized carbons (Fsp3) is 0.375. The van der Waals surface area contributed by atoms with Crippen molar-refractivity contribution in [3.63, 3.8) is 0 Å². The van der Waals surface area contributed by atoms with Gasteiger partial charge in [0, 0.05) is 24.6 Å². The highest BCUT2D eigenvalue weighted by Gasteiger charge is 2.18. The number of hydrogen-bond donors (Lipinski definition) is 2. The summed E-state index contributed by atoms with van der Waals surface area (Å²) in [6.45, 7) is 3.78. The first-order valence-electron chi connectivity index (χ1n) is 7.24. The SMILES string of the molecule is Cc1nc(-c2ccc(NC(=O)CC3CCNC3)cc2)co1. The number of nitrogens with one attached hydrogen (secondary N) is 2. The maximum Gasteiger partial charge on any atom is 0.224 e. The molecule has 2 heterocycles. The van der Waals surface area contributed by atoms with Gasteiger partial charge >= 0.3 is 0 Å². The number of amides is 1. The van der Waals surface area contributed by atoms with Gasteiger partial charge in [0.25, 0.3) is 0 Å². The van der Waals surface area contributed by atoms with Crippen molar-refractivity contribution >= 4 is 11.6 Å². The Labute approximate surface area is 123 Å². The standard InChI is InChI=1S/C16H19N3O2/c1-11-18-15(10-21-11)13-2-4-14(5-3-13)19-16(20)8-12-6-7-17-9-12/h2-5,10,12,17H,6-9H2,1H3,(H,19,20). The normalized spacial score (nSPS) is 17.9. The van der Waals surface area contributed by atoms with Crippen molar-refractivity contribution in [1.29, 1.82) is 0 Å². The highest BCUT2D eigenvalue weighted by molar-refractivity contribution is 5.91. The Kier molecular flexibility index (Phi) is 4.01. The Balaban J connectivity index is 1.60. The highest BCUT2D eigenvalue weighted by atomic mass is 16.3. The summed E-state index contributed by atoms with van der Waals surface area (Å²) in [5.74, 6) is 1.18. The van der Waals surface area contributed by atoms with Crippen LogP contribution in [-0.4, -0.2) is 24.0 Å². The Hall–Kier alpha value is -2.14. The molecule has 0 bridgehead atoms. The molecule has 1 amide bonds. The molecule has 5 nitrogen and oxygen atoms in total. The number of aryl methyl sites for hydroxylation is 1. The maximum absolute atomic E-state index is 12.0. The van der Waals surface area contributed by atoms with Crippen LogP contribution in [-0.2, 0) is 4.79 Å². The molecule has 1 aliphatic heterocycles. The van der Waals surface area contributed by atoms with Gasteiger partial charge in [-0.15, -0.1) is 0 Å². The average molecular weight is 285 g/mol. The van der Waals surface area contributed by atoms with Crippen LogP contribution in [0.1, 0.15) is 18.7 Å². The Morgan fingerprint density at radius 3 is 2.86 bits per heavy atom. The summed E-state index contributed by atoms with van der Waals surface area (Å²) in [5.41, 5.74) is 2.60. The lowest BCUT2D eigenvalue weighted by atomic mass is 10.0. The summed E-state index contributed by atoms with van der Waals surface area (Å²) in [5, 5.41) is 6.22. The molecule has 1 unspecified atom stereocenters. The average Bonchev–Trinajstić information content (AvgIpc) is 3.11. The van der Waals surface area contributed by atoms with E-state index in [0.717, 1.165) is 36.5 Å². The van der Waals surface area contributed by atoms with Crippen molar-refractivity contribution in [3.05, 3.63) is 36.4 Å². The minimum atomic E-state index is 0.0775. The van der Waals surface area contributed by atoms with Gasteiger partial charge in [0.2, 0.25) is 5.91 Å². The first-order valence-corrected chi connectivity index (χ1v) is 7.24. The largest absolute Gasteiger partial charge is 0.449 e. The van der Waals surface area contributed by atoms with Crippen molar-refractivity contribution in [2.24, 2.45) is 5.92 Å². The van der Waals surface area contributed by atoms with Crippen molar-refractivity contribution < 1.29 is 9.21 Å². The molecule has 1 aliphatic rings. The van der Waals surface area contributed by atoms with E-state index in [0.29, 0.717) is 18.2 Å². The number of oxazole rings is 1. The quantitative estimate of drug-likeness (QED) is 0.906. The summed E-state index contributed by atoms with van der Waals surface area (Å²) < 4.78 is 5.20. The van der Waals surface area contributed by atoms with Crippen LogP contribution in [0.4, 0.5) is 5.69 Å². The van der Waals surface area contributed by atoms with Crippen LogP contribution in [0, 0.1) is 12.8 Å². The van der Waals surface area contributed by atoms with Crippen molar-refractivity contribution in [3.8, 4) is 11.3 Å². The molecule has 1 aromatic heterocycles. The van der Waals surface area contributed by atoms with Gasteiger partial charge in [-0.05, 0) is 37.6 Å². The van der Waals surface area contributed by atoms with Crippen LogP contribution < -0.4 is 10.6 Å². The van der Waals surface area contributed by atoms with Crippen molar-refractivity contribution in [2.75, 3.05) is 18.4 Å². The molecular formula is C16H19N3O2. The van der Waals surface area contributed by atoms with E-state index in [-0.39, 0.29) is 5.91 Å². The minimum absolute atomic E-state index is 0.0775. The smallest absolute Gasteiger partial charge is 0.224 e. The third-order valence-electron chi connectivity index (χ3n) is 3.72. The number of benzene rings is 1. The van der Waals surface area contributed by atoms with Gasteiger partial charge < -0.3 is 15.1 Å². The van der Waals surface area contributed by atoms with Gasteiger partial charge in [-0.2, -0.15) is 0 Å². The molecular weight excluding hydrogens is 266 g/mol. The predicted octanol–water partition coefficient (Wildman–Crippen LogP) is 2.59. The zero-order valence-corrected chi connectivity index (χ0v) is 12.1. The van der Waals surface area contributed by atoms with Crippen molar-refractivity contribution in [2.45, 2.75) is 19.8 Å². The lowest BCUT2D eigenvalue weighted by Gasteiger charge is -2.09. The van der Waals surface area contributed by atoms with E-state index in [4.69, 9.17) is 4.42 Å². The fourth-order valence-corrected chi connectivity index (χ4v) is 2.58. The molecule has 0 spiro atoms. The zero-order valence-electron chi connectivity index (χ0n) is 12.1. The van der Waals surface area contributed by atoms with Gasteiger partial charge in [0.05, 0.1) is 0 Å². The highest BCUT2D eigenvalue weighted by Crippen LogP contribution is 2.21. The third kappa shape index (κ3) is 3.49. The number of anilines is 1. The second-order valence-corrected chi connectivity index (χ2v) is 5.44. The molecule has 2 aromatic rings. The van der Waals surface area contributed by atoms with Crippen LogP contribution >= 0.6 is 0 Å². The Morgan fingerprint density at radius 1 is 1.43 bits per heavy atom. The number of aromatic nitrogens is 1. The number of carbonyl (C=O) groups is 1. The summed E-state index contributed by atoms with van der Waals surface area (Å²) in [6.07, 6.45) is 3.30. The zero-order chi connectivity index (χ0) is 14.7. The lowest BCUT2D eigenvalue weighted by molar-refractivity contribution is -0.116. The molecule has 0 aliphatic carbocycles. The summed E-state index contributed by atoms with van der Waals surface area (Å²) in [6, 6.07) is 7.66. The first kappa shape index (κ1) is 13.8. The van der Waals surface area contributed by atoms with Gasteiger partial charge in [0.1, 0.15) is 12.0 Å². The number of hydrogen-bond acceptors (Lipinski definition) is 4. The van der Waals surface area contributed by atoms with E-state index < -0.39 is 0 Å². The predicted molar refractivity (Wildman–Crippen MR) is 80.9 cm³/mol. The topological polar surface area (TPSA) is 67.2 Å². The van der Waals surface area contributed by atoms with Gasteiger partial charge in [-0.3, -0.25) is 4.79 Å². The molecule has 0 radical (unpaired) electrons. The lowest BCUT2D eigenvalue weighted by Crippen LogP contribution is -2.18. The summed E-state index contributed by atoms with van der Waals surface area (Å²) in [7, 11) is 0. The van der Waals surface area contributed by atoms with Gasteiger partial charge in [-0.1, -0.05) is 12.1 Å². The Morgan fingerprint density at radius 2 is 2.24 bits per heavy atom. The van der Waals surface area contributed by atoms with E-state index in [2.05, 4.69) is 15.6 Å². The summed E-state index contributed by atoms with van der Waals surface area (Å²) in [4.78, 5) is 16.2. The molecule has 1 saturated heterocycles. The molecule has 0 saturated carbocycles. The van der Waals surface area contributed by atoms with Crippen LogP contribution in [0.3, 0.4) is 0 Å². The fourth-order valence-electron chi connectivity index (χ4n) is 2.58. The molecule has 1 atom stereocenters. The summed E-state index contributed by atoms with van der Waals surface area (Å²) >= 11 is 0. The molecule has 2 N–H and O–H groups in total. The molecule has 5 heteroatoms. The van der Waals surface area contributed by atoms with E-state index in [9.17, 15) is 4.79 Å². The minimum Gasteiger partial charge on any atom is -0.449 e. The van der Waals surface area contributed by atoms with E-state index in [1.165, 1.54) is 0 Å². The molecule has 1 aromatic carbocycles. The molecule has 1 fully saturated rings. The monoisotopic (exact) mass is 285 g/mol. The second-order valence-electron chi connectivity index (χ2n) is 5.44. The van der Waals surface area contributed by atoms with Crippen LogP contribution in [0.15, 0.2) is 34.9 Å². The Bertz CT molecular complexity index is 613. The number of rotatable bonds is 4. The van der Waals surface area contributed by atoms with Crippen molar-refractivity contribution in [1.82, 2.24) is 10.3 Å². The molecule has 21 heavy (non-hydrogen) atoms.